The number of aliphatic hydroxyl groups excluding tert-OH is 2. The lowest BCUT2D eigenvalue weighted by Gasteiger charge is -2.14. The fraction of sp³-hybridized carbons (Fsp3) is 0.857. The van der Waals surface area contributed by atoms with Crippen molar-refractivity contribution in [3.05, 3.63) is 0 Å². The van der Waals surface area contributed by atoms with Crippen molar-refractivity contribution in [2.24, 2.45) is 5.73 Å². The summed E-state index contributed by atoms with van der Waals surface area (Å²) in [5.74, 6) is -0.342. The highest BCUT2D eigenvalue weighted by Gasteiger charge is 2.21. The number of carbonyl (C=O) groups excluding carboxylic acids is 1. The van der Waals surface area contributed by atoms with Crippen molar-refractivity contribution in [2.75, 3.05) is 6.54 Å². The van der Waals surface area contributed by atoms with Crippen molar-refractivity contribution >= 4 is 5.78 Å². The molecule has 11 heavy (non-hydrogen) atoms. The quantitative estimate of drug-likeness (QED) is 0.484. The largest absolute Gasteiger partial charge is 0.390 e. The van der Waals surface area contributed by atoms with Gasteiger partial charge in [0.05, 0.1) is 6.10 Å². The zero-order valence-corrected chi connectivity index (χ0v) is 6.66. The number of hydrogen-bond donors (Lipinski definition) is 3. The summed E-state index contributed by atoms with van der Waals surface area (Å²) in [5.41, 5.74) is 5.13. The summed E-state index contributed by atoms with van der Waals surface area (Å²) in [4.78, 5) is 10.8. The Labute approximate surface area is 66.0 Å². The summed E-state index contributed by atoms with van der Waals surface area (Å²) in [6.07, 6.45) is -1.77. The average Bonchev–Trinajstić information content (AvgIpc) is 2.02. The van der Waals surface area contributed by atoms with E-state index in [1.807, 2.05) is 0 Å². The molecule has 0 amide bonds. The van der Waals surface area contributed by atoms with E-state index < -0.39 is 12.2 Å². The second-order valence-electron chi connectivity index (χ2n) is 2.41. The minimum Gasteiger partial charge on any atom is -0.390 e. The molecule has 0 heterocycles. The highest BCUT2D eigenvalue weighted by molar-refractivity contribution is 5.83. The van der Waals surface area contributed by atoms with E-state index in [0.29, 0.717) is 0 Å². The lowest BCUT2D eigenvalue weighted by molar-refractivity contribution is -0.132. The molecule has 0 aliphatic rings. The zero-order chi connectivity index (χ0) is 8.85. The van der Waals surface area contributed by atoms with Crippen LogP contribution in [0.25, 0.3) is 0 Å². The molecule has 0 saturated carbocycles. The maximum Gasteiger partial charge on any atom is 0.163 e. The Kier molecular flexibility index (Phi) is 5.02. The molecule has 0 aromatic rings. The Morgan fingerprint density at radius 2 is 2.09 bits per heavy atom. The van der Waals surface area contributed by atoms with E-state index in [9.17, 15) is 4.79 Å². The maximum absolute atomic E-state index is 10.8. The van der Waals surface area contributed by atoms with E-state index in [-0.39, 0.29) is 25.2 Å². The van der Waals surface area contributed by atoms with Crippen LogP contribution in [0.4, 0.5) is 0 Å². The number of hydrogen-bond acceptors (Lipinski definition) is 4. The minimum atomic E-state index is -1.26. The molecule has 4 N–H and O–H groups in total. The predicted molar refractivity (Wildman–Crippen MR) is 41.0 cm³/mol. The Bertz CT molecular complexity index is 127. The third-order valence-corrected chi connectivity index (χ3v) is 1.51. The van der Waals surface area contributed by atoms with Gasteiger partial charge in [-0.15, -0.1) is 0 Å². The lowest BCUT2D eigenvalue weighted by Crippen LogP contribution is -2.34. The second-order valence-corrected chi connectivity index (χ2v) is 2.41. The van der Waals surface area contributed by atoms with Crippen LogP contribution in [-0.2, 0) is 4.79 Å². The first-order valence-electron chi connectivity index (χ1n) is 3.72. The summed E-state index contributed by atoms with van der Waals surface area (Å²) in [5, 5.41) is 18.1. The average molecular weight is 161 g/mol. The van der Waals surface area contributed by atoms with Gasteiger partial charge in [0, 0.05) is 6.42 Å². The molecule has 0 bridgehead atoms. The fourth-order valence-electron chi connectivity index (χ4n) is 0.752. The maximum atomic E-state index is 10.8. The SMILES string of the molecule is CCC(=O)[C@@H](O)C(O)CCN. The van der Waals surface area contributed by atoms with Crippen LogP contribution in [0.3, 0.4) is 0 Å². The van der Waals surface area contributed by atoms with Crippen LogP contribution >= 0.6 is 0 Å². The second kappa shape index (κ2) is 5.23. The summed E-state index contributed by atoms with van der Waals surface area (Å²) >= 11 is 0. The monoisotopic (exact) mass is 161 g/mol. The summed E-state index contributed by atoms with van der Waals surface area (Å²) in [6, 6.07) is 0. The molecule has 1 unspecified atom stereocenters. The Morgan fingerprint density at radius 3 is 2.45 bits per heavy atom. The van der Waals surface area contributed by atoms with Gasteiger partial charge in [0.1, 0.15) is 6.10 Å². The Hall–Kier alpha value is -0.450. The fourth-order valence-corrected chi connectivity index (χ4v) is 0.752. The number of ketones is 1. The molecule has 0 aromatic heterocycles. The molecule has 4 heteroatoms. The first-order valence-corrected chi connectivity index (χ1v) is 3.72. The Morgan fingerprint density at radius 1 is 1.55 bits per heavy atom. The third-order valence-electron chi connectivity index (χ3n) is 1.51. The van der Waals surface area contributed by atoms with E-state index in [4.69, 9.17) is 15.9 Å². The van der Waals surface area contributed by atoms with Crippen LogP contribution in [-0.4, -0.2) is 34.7 Å². The molecule has 4 nitrogen and oxygen atoms in total. The first-order chi connectivity index (χ1) is 5.13. The van der Waals surface area contributed by atoms with E-state index in [0.717, 1.165) is 0 Å². The molecular weight excluding hydrogens is 146 g/mol. The van der Waals surface area contributed by atoms with Gasteiger partial charge in [0.2, 0.25) is 0 Å². The van der Waals surface area contributed by atoms with Crippen LogP contribution in [0.1, 0.15) is 19.8 Å². The molecule has 0 radical (unpaired) electrons. The highest BCUT2D eigenvalue weighted by atomic mass is 16.3. The highest BCUT2D eigenvalue weighted by Crippen LogP contribution is 2.00. The van der Waals surface area contributed by atoms with Gasteiger partial charge in [-0.3, -0.25) is 4.79 Å². The number of rotatable bonds is 5. The normalized spacial score (nSPS) is 16.0. The number of nitrogens with two attached hydrogens (primary N) is 1. The number of carbonyl (C=O) groups is 1. The lowest BCUT2D eigenvalue weighted by atomic mass is 10.1. The summed E-state index contributed by atoms with van der Waals surface area (Å²) in [6.45, 7) is 1.91. The van der Waals surface area contributed by atoms with Crippen LogP contribution in [0.15, 0.2) is 0 Å². The van der Waals surface area contributed by atoms with Crippen molar-refractivity contribution in [2.45, 2.75) is 32.0 Å². The first kappa shape index (κ1) is 10.6. The molecule has 0 fully saturated rings. The van der Waals surface area contributed by atoms with Gasteiger partial charge >= 0.3 is 0 Å². The zero-order valence-electron chi connectivity index (χ0n) is 6.66. The molecule has 0 aliphatic carbocycles. The molecule has 0 saturated heterocycles. The van der Waals surface area contributed by atoms with Gasteiger partial charge in [-0.2, -0.15) is 0 Å². The van der Waals surface area contributed by atoms with E-state index in [2.05, 4.69) is 0 Å². The summed E-state index contributed by atoms with van der Waals surface area (Å²) in [7, 11) is 0. The van der Waals surface area contributed by atoms with Crippen LogP contribution in [0.5, 0.6) is 0 Å². The molecule has 0 spiro atoms. The van der Waals surface area contributed by atoms with E-state index >= 15 is 0 Å². The van der Waals surface area contributed by atoms with Gasteiger partial charge in [-0.05, 0) is 13.0 Å². The molecular formula is C7H15NO3. The van der Waals surface area contributed by atoms with Gasteiger partial charge in [0.15, 0.2) is 5.78 Å². The van der Waals surface area contributed by atoms with Gasteiger partial charge in [0.25, 0.3) is 0 Å². The van der Waals surface area contributed by atoms with Crippen molar-refractivity contribution in [1.29, 1.82) is 0 Å². The van der Waals surface area contributed by atoms with E-state index in [1.165, 1.54) is 0 Å². The van der Waals surface area contributed by atoms with Gasteiger partial charge in [-0.1, -0.05) is 6.92 Å². The standard InChI is InChI=1S/C7H15NO3/c1-2-5(9)7(11)6(10)3-4-8/h6-7,10-11H,2-4,8H2,1H3/t6?,7-/m1/s1. The van der Waals surface area contributed by atoms with Crippen LogP contribution in [0.2, 0.25) is 0 Å². The molecule has 66 valence electrons. The van der Waals surface area contributed by atoms with Crippen molar-refractivity contribution < 1.29 is 15.0 Å². The predicted octanol–water partition coefficient (Wildman–Crippen LogP) is -0.964. The van der Waals surface area contributed by atoms with Crippen molar-refractivity contribution in [3.8, 4) is 0 Å². The van der Waals surface area contributed by atoms with Crippen LogP contribution in [0, 0.1) is 0 Å². The number of aliphatic hydroxyl groups is 2. The number of Topliss-reactive ketones (excluding diaryl/α,β-unsaturated/α-hetero) is 1. The molecule has 2 atom stereocenters. The van der Waals surface area contributed by atoms with Crippen molar-refractivity contribution in [1.82, 2.24) is 0 Å². The molecule has 0 rings (SSSR count). The van der Waals surface area contributed by atoms with Crippen molar-refractivity contribution in [3.63, 3.8) is 0 Å². The summed E-state index contributed by atoms with van der Waals surface area (Å²) < 4.78 is 0. The Balaban J connectivity index is 3.80. The van der Waals surface area contributed by atoms with Crippen LogP contribution < -0.4 is 5.73 Å². The minimum absolute atomic E-state index is 0.239. The molecule has 0 aromatic carbocycles. The van der Waals surface area contributed by atoms with E-state index in [1.54, 1.807) is 6.92 Å². The molecule has 0 aliphatic heterocycles. The van der Waals surface area contributed by atoms with Gasteiger partial charge < -0.3 is 15.9 Å². The van der Waals surface area contributed by atoms with Gasteiger partial charge in [-0.25, -0.2) is 0 Å². The smallest absolute Gasteiger partial charge is 0.163 e. The third kappa shape index (κ3) is 3.46. The topological polar surface area (TPSA) is 83.5 Å².